The van der Waals surface area contributed by atoms with Gasteiger partial charge in [-0.1, -0.05) is 18.3 Å². The number of methoxy groups -OCH3 is 1. The first-order valence-electron chi connectivity index (χ1n) is 6.41. The summed E-state index contributed by atoms with van der Waals surface area (Å²) in [7, 11) is 3.00. The molecule has 0 saturated heterocycles. The minimum Gasteiger partial charge on any atom is -0.469 e. The van der Waals surface area contributed by atoms with Crippen molar-refractivity contribution in [2.24, 2.45) is 5.92 Å². The number of thiazole rings is 1. The van der Waals surface area contributed by atoms with Gasteiger partial charge in [-0.25, -0.2) is 4.98 Å². The highest BCUT2D eigenvalue weighted by Gasteiger charge is 2.20. The maximum atomic E-state index is 12.4. The Bertz CT molecular complexity index is 683. The average molecular weight is 307 g/mol. The molecule has 0 aliphatic heterocycles. The second-order valence-electron chi connectivity index (χ2n) is 4.84. The Kier molecular flexibility index (Phi) is 4.42. The molecule has 112 valence electrons. The van der Waals surface area contributed by atoms with E-state index < -0.39 is 0 Å². The molecule has 1 aromatic heterocycles. The van der Waals surface area contributed by atoms with Crippen molar-refractivity contribution in [1.29, 1.82) is 0 Å². The smallest absolute Gasteiger partial charge is 0.310 e. The first-order chi connectivity index (χ1) is 9.92. The van der Waals surface area contributed by atoms with E-state index in [1.165, 1.54) is 23.3 Å². The van der Waals surface area contributed by atoms with E-state index in [0.29, 0.717) is 17.2 Å². The third kappa shape index (κ3) is 3.30. The van der Waals surface area contributed by atoms with Crippen molar-refractivity contribution in [3.63, 3.8) is 0 Å². The predicted molar refractivity (Wildman–Crippen MR) is 82.2 cm³/mol. The molecule has 1 unspecified atom stereocenters. The van der Waals surface area contributed by atoms with Gasteiger partial charge < -0.3 is 15.4 Å². The number of carbonyl (C=O) groups is 2. The number of aromatic nitrogens is 1. The first-order valence-corrected chi connectivity index (χ1v) is 7.23. The van der Waals surface area contributed by atoms with Crippen LogP contribution in [0, 0.1) is 5.92 Å². The Balaban J connectivity index is 2.15. The van der Waals surface area contributed by atoms with E-state index in [1.54, 1.807) is 32.2 Å². The highest BCUT2D eigenvalue weighted by molar-refractivity contribution is 7.22. The Morgan fingerprint density at radius 1 is 1.48 bits per heavy atom. The zero-order chi connectivity index (χ0) is 15.6. The maximum Gasteiger partial charge on any atom is 0.310 e. The maximum absolute atomic E-state index is 12.4. The van der Waals surface area contributed by atoms with Crippen LogP contribution in [0.1, 0.15) is 17.3 Å². The summed E-state index contributed by atoms with van der Waals surface area (Å²) in [5, 5.41) is 0.474. The first kappa shape index (κ1) is 15.2. The van der Waals surface area contributed by atoms with Crippen LogP contribution >= 0.6 is 11.3 Å². The molecule has 7 heteroatoms. The number of nitrogens with zero attached hydrogens (tertiary/aromatic N) is 2. The van der Waals surface area contributed by atoms with Gasteiger partial charge in [-0.05, 0) is 18.2 Å². The molecule has 0 fully saturated rings. The second-order valence-corrected chi connectivity index (χ2v) is 5.91. The fourth-order valence-electron chi connectivity index (χ4n) is 2.07. The number of carbonyl (C=O) groups excluding carboxylic acids is 2. The van der Waals surface area contributed by atoms with Crippen LogP contribution in [-0.2, 0) is 9.53 Å². The number of anilines is 1. The van der Waals surface area contributed by atoms with Crippen LogP contribution in [0.2, 0.25) is 0 Å². The minimum absolute atomic E-state index is 0.153. The average Bonchev–Trinajstić information content (AvgIpc) is 2.84. The number of amides is 1. The van der Waals surface area contributed by atoms with Crippen molar-refractivity contribution in [1.82, 2.24) is 9.88 Å². The predicted octanol–water partition coefficient (Wildman–Crippen LogP) is 1.76. The number of nitrogens with two attached hydrogens (primary N) is 1. The molecule has 2 aromatic rings. The molecular weight excluding hydrogens is 290 g/mol. The third-order valence-corrected chi connectivity index (χ3v) is 4.00. The van der Waals surface area contributed by atoms with Gasteiger partial charge in [-0.3, -0.25) is 9.59 Å². The highest BCUT2D eigenvalue weighted by Crippen LogP contribution is 2.25. The van der Waals surface area contributed by atoms with E-state index in [9.17, 15) is 9.59 Å². The van der Waals surface area contributed by atoms with Crippen molar-refractivity contribution < 1.29 is 14.3 Å². The summed E-state index contributed by atoms with van der Waals surface area (Å²) in [4.78, 5) is 29.4. The van der Waals surface area contributed by atoms with Crippen molar-refractivity contribution in [2.75, 3.05) is 26.4 Å². The van der Waals surface area contributed by atoms with E-state index in [-0.39, 0.29) is 17.8 Å². The molecule has 21 heavy (non-hydrogen) atoms. The SMILES string of the molecule is COC(=O)C(C)CN(C)C(=O)c1ccc2nc(N)sc2c1. The Morgan fingerprint density at radius 2 is 2.19 bits per heavy atom. The highest BCUT2D eigenvalue weighted by atomic mass is 32.1. The summed E-state index contributed by atoms with van der Waals surface area (Å²) in [5.74, 6) is -0.855. The van der Waals surface area contributed by atoms with Crippen LogP contribution in [-0.4, -0.2) is 42.5 Å². The number of hydrogen-bond acceptors (Lipinski definition) is 6. The minimum atomic E-state index is -0.369. The van der Waals surface area contributed by atoms with Crippen LogP contribution in [0.5, 0.6) is 0 Å². The Labute approximate surface area is 126 Å². The topological polar surface area (TPSA) is 85.5 Å². The van der Waals surface area contributed by atoms with Crippen molar-refractivity contribution in [3.8, 4) is 0 Å². The zero-order valence-electron chi connectivity index (χ0n) is 12.1. The number of nitrogen functional groups attached to an aromatic ring is 1. The van der Waals surface area contributed by atoms with Crippen LogP contribution < -0.4 is 5.73 Å². The number of esters is 1. The monoisotopic (exact) mass is 307 g/mol. The second kappa shape index (κ2) is 6.09. The van der Waals surface area contributed by atoms with Crippen LogP contribution in [0.25, 0.3) is 10.2 Å². The molecule has 0 spiro atoms. The van der Waals surface area contributed by atoms with E-state index in [1.807, 2.05) is 0 Å². The molecular formula is C14H17N3O3S. The van der Waals surface area contributed by atoms with E-state index >= 15 is 0 Å². The van der Waals surface area contributed by atoms with Gasteiger partial charge in [0.2, 0.25) is 0 Å². The Morgan fingerprint density at radius 3 is 2.86 bits per heavy atom. The van der Waals surface area contributed by atoms with E-state index in [0.717, 1.165) is 10.2 Å². The van der Waals surface area contributed by atoms with Gasteiger partial charge in [0.15, 0.2) is 5.13 Å². The number of fused-ring (bicyclic) bond motifs is 1. The van der Waals surface area contributed by atoms with Gasteiger partial charge in [0.1, 0.15) is 0 Å². The molecule has 1 heterocycles. The molecule has 0 bridgehead atoms. The van der Waals surface area contributed by atoms with E-state index in [2.05, 4.69) is 9.72 Å². The lowest BCUT2D eigenvalue weighted by Crippen LogP contribution is -2.34. The molecule has 0 saturated carbocycles. The third-order valence-electron chi connectivity index (χ3n) is 3.15. The summed E-state index contributed by atoms with van der Waals surface area (Å²) in [6, 6.07) is 5.25. The summed E-state index contributed by atoms with van der Waals surface area (Å²) in [5.41, 5.74) is 6.98. The lowest BCUT2D eigenvalue weighted by atomic mass is 10.1. The lowest BCUT2D eigenvalue weighted by Gasteiger charge is -2.20. The molecule has 2 rings (SSSR count). The van der Waals surface area contributed by atoms with Gasteiger partial charge in [-0.2, -0.15) is 0 Å². The van der Waals surface area contributed by atoms with Gasteiger partial charge >= 0.3 is 5.97 Å². The van der Waals surface area contributed by atoms with Gasteiger partial charge in [0.25, 0.3) is 5.91 Å². The molecule has 1 amide bonds. The molecule has 0 radical (unpaired) electrons. The zero-order valence-corrected chi connectivity index (χ0v) is 12.9. The number of hydrogen-bond donors (Lipinski definition) is 1. The summed E-state index contributed by atoms with van der Waals surface area (Å²) in [6.45, 7) is 2.02. The van der Waals surface area contributed by atoms with Crippen LogP contribution in [0.4, 0.5) is 5.13 Å². The van der Waals surface area contributed by atoms with Crippen molar-refractivity contribution >= 4 is 38.6 Å². The molecule has 1 atom stereocenters. The number of rotatable bonds is 4. The van der Waals surface area contributed by atoms with Crippen molar-refractivity contribution in [3.05, 3.63) is 23.8 Å². The molecule has 6 nitrogen and oxygen atoms in total. The summed E-state index contributed by atoms with van der Waals surface area (Å²) >= 11 is 1.34. The molecule has 1 aromatic carbocycles. The molecule has 2 N–H and O–H groups in total. The van der Waals surface area contributed by atoms with Crippen LogP contribution in [0.3, 0.4) is 0 Å². The van der Waals surface area contributed by atoms with Gasteiger partial charge in [-0.15, -0.1) is 0 Å². The largest absolute Gasteiger partial charge is 0.469 e. The quantitative estimate of drug-likeness (QED) is 0.870. The lowest BCUT2D eigenvalue weighted by molar-refractivity contribution is -0.145. The summed E-state index contributed by atoms with van der Waals surface area (Å²) < 4.78 is 5.53. The fraction of sp³-hybridized carbons (Fsp3) is 0.357. The number of benzene rings is 1. The molecule has 0 aliphatic carbocycles. The van der Waals surface area contributed by atoms with Gasteiger partial charge in [0, 0.05) is 19.2 Å². The summed E-state index contributed by atoms with van der Waals surface area (Å²) in [6.07, 6.45) is 0. The van der Waals surface area contributed by atoms with Gasteiger partial charge in [0.05, 0.1) is 23.2 Å². The molecule has 0 aliphatic rings. The van der Waals surface area contributed by atoms with E-state index in [4.69, 9.17) is 5.73 Å². The normalized spacial score (nSPS) is 12.1. The van der Waals surface area contributed by atoms with Crippen molar-refractivity contribution in [2.45, 2.75) is 6.92 Å². The van der Waals surface area contributed by atoms with Crippen LogP contribution in [0.15, 0.2) is 18.2 Å². The standard InChI is InChI=1S/C14H17N3O3S/c1-8(13(19)20-3)7-17(2)12(18)9-4-5-10-11(6-9)21-14(15)16-10/h4-6,8H,7H2,1-3H3,(H2,15,16). The number of ether oxygens (including phenoxy) is 1. The Hall–Kier alpha value is -2.15. The fourth-order valence-corrected chi connectivity index (χ4v) is 2.84.